The Morgan fingerprint density at radius 2 is 1.80 bits per heavy atom. The lowest BCUT2D eigenvalue weighted by Crippen LogP contribution is -2.40. The number of nitrogens with zero attached hydrogens (tertiary/aromatic N) is 2. The predicted molar refractivity (Wildman–Crippen MR) is 142 cm³/mol. The summed E-state index contributed by atoms with van der Waals surface area (Å²) in [5.41, 5.74) is -0.377. The van der Waals surface area contributed by atoms with Crippen molar-refractivity contribution < 1.29 is 35.9 Å². The third-order valence-corrected chi connectivity index (χ3v) is 7.97. The van der Waals surface area contributed by atoms with Crippen LogP contribution >= 0.6 is 11.6 Å². The van der Waals surface area contributed by atoms with Crippen LogP contribution in [0.4, 0.5) is 13.2 Å². The molecule has 40 heavy (non-hydrogen) atoms. The second-order valence-electron chi connectivity index (χ2n) is 9.35. The van der Waals surface area contributed by atoms with Gasteiger partial charge in [0.25, 0.3) is 10.0 Å². The van der Waals surface area contributed by atoms with Crippen molar-refractivity contribution >= 4 is 27.4 Å². The first-order valence-electron chi connectivity index (χ1n) is 12.4. The van der Waals surface area contributed by atoms with Gasteiger partial charge >= 0.3 is 6.18 Å². The Labute approximate surface area is 235 Å². The van der Waals surface area contributed by atoms with Crippen LogP contribution in [0.25, 0.3) is 0 Å². The van der Waals surface area contributed by atoms with E-state index in [2.05, 4.69) is 9.82 Å². The molecule has 2 aromatic carbocycles. The van der Waals surface area contributed by atoms with Gasteiger partial charge in [-0.2, -0.15) is 13.2 Å². The monoisotopic (exact) mass is 597 g/mol. The maximum atomic E-state index is 12.9. The Balaban J connectivity index is 1.23. The molecule has 1 fully saturated rings. The van der Waals surface area contributed by atoms with Crippen LogP contribution in [0.3, 0.4) is 0 Å². The number of ketones is 1. The quantitative estimate of drug-likeness (QED) is 0.210. The summed E-state index contributed by atoms with van der Waals surface area (Å²) in [6.07, 6.45) is -1.47. The lowest BCUT2D eigenvalue weighted by molar-refractivity contribution is -0.137. The molecule has 2 heterocycles. The molecular weight excluding hydrogens is 571 g/mol. The molecule has 1 aliphatic rings. The average molecular weight is 598 g/mol. The standard InChI is InChI=1S/C27H27ClF3N3O5S/c1-18(35)20-4-6-22(7-5-20)38-14-2-3-19-12-13-34(17-19)33-40(36,37)24-10-8-23(9-11-24)39-26-25(28)15-21(16-32-26)27(29,30)31/h4-11,15-16,19,33H,2-3,12-14,17H2,1H3/t19-/m1/s1. The molecule has 8 nitrogen and oxygen atoms in total. The van der Waals surface area contributed by atoms with Crippen LogP contribution in [0, 0.1) is 5.92 Å². The highest BCUT2D eigenvalue weighted by Crippen LogP contribution is 2.34. The molecule has 0 aliphatic carbocycles. The molecule has 0 spiro atoms. The lowest BCUT2D eigenvalue weighted by Gasteiger charge is -2.18. The van der Waals surface area contributed by atoms with E-state index in [0.29, 0.717) is 49.2 Å². The highest BCUT2D eigenvalue weighted by molar-refractivity contribution is 7.89. The summed E-state index contributed by atoms with van der Waals surface area (Å²) < 4.78 is 75.2. The molecule has 1 saturated heterocycles. The van der Waals surface area contributed by atoms with E-state index in [0.717, 1.165) is 19.3 Å². The second-order valence-corrected chi connectivity index (χ2v) is 11.4. The highest BCUT2D eigenvalue weighted by atomic mass is 35.5. The maximum absolute atomic E-state index is 12.9. The van der Waals surface area contributed by atoms with Crippen LogP contribution in [0.15, 0.2) is 65.7 Å². The normalized spacial score (nSPS) is 16.2. The van der Waals surface area contributed by atoms with Gasteiger partial charge in [-0.25, -0.2) is 18.4 Å². The van der Waals surface area contributed by atoms with Gasteiger partial charge in [0.15, 0.2) is 5.78 Å². The molecule has 1 aromatic heterocycles. The van der Waals surface area contributed by atoms with E-state index in [9.17, 15) is 26.4 Å². The molecule has 0 amide bonds. The Kier molecular flexibility index (Phi) is 9.34. The number of sulfonamides is 1. The molecule has 3 aromatic rings. The number of carbonyl (C=O) groups is 1. The maximum Gasteiger partial charge on any atom is 0.417 e. The van der Waals surface area contributed by atoms with Crippen LogP contribution in [0.5, 0.6) is 17.4 Å². The van der Waals surface area contributed by atoms with E-state index in [1.807, 2.05) is 0 Å². The molecule has 0 bridgehead atoms. The number of Topliss-reactive ketones (excluding diaryl/α,β-unsaturated/α-hetero) is 1. The minimum atomic E-state index is -4.59. The van der Waals surface area contributed by atoms with Crippen molar-refractivity contribution in [1.29, 1.82) is 0 Å². The van der Waals surface area contributed by atoms with E-state index in [4.69, 9.17) is 21.1 Å². The summed E-state index contributed by atoms with van der Waals surface area (Å²) in [5, 5.41) is 1.34. The van der Waals surface area contributed by atoms with Gasteiger partial charge in [0.05, 0.1) is 17.1 Å². The molecule has 0 saturated carbocycles. The van der Waals surface area contributed by atoms with Crippen LogP contribution in [-0.2, 0) is 16.2 Å². The number of ether oxygens (including phenoxy) is 2. The zero-order chi connectivity index (χ0) is 28.9. The predicted octanol–water partition coefficient (Wildman–Crippen LogP) is 6.12. The first kappa shape index (κ1) is 29.8. The van der Waals surface area contributed by atoms with E-state index in [-0.39, 0.29) is 27.3 Å². The number of rotatable bonds is 11. The fourth-order valence-electron chi connectivity index (χ4n) is 4.18. The number of aromatic nitrogens is 1. The fourth-order valence-corrected chi connectivity index (χ4v) is 5.49. The van der Waals surface area contributed by atoms with Crippen molar-refractivity contribution in [2.75, 3.05) is 19.7 Å². The van der Waals surface area contributed by atoms with Gasteiger partial charge in [-0.05, 0) is 86.7 Å². The SMILES string of the molecule is CC(=O)c1ccc(OCCC[C@@H]2CCN(NS(=O)(=O)c3ccc(Oc4ncc(C(F)(F)F)cc4Cl)cc3)C2)cc1. The fraction of sp³-hybridized carbons (Fsp3) is 0.333. The number of pyridine rings is 1. The number of hydrazine groups is 1. The van der Waals surface area contributed by atoms with Crippen LogP contribution < -0.4 is 14.3 Å². The molecular formula is C27H27ClF3N3O5S. The number of alkyl halides is 3. The molecule has 1 aliphatic heterocycles. The van der Waals surface area contributed by atoms with Crippen molar-refractivity contribution in [3.05, 3.63) is 76.9 Å². The Bertz CT molecular complexity index is 1440. The van der Waals surface area contributed by atoms with Crippen LogP contribution in [-0.4, -0.2) is 43.9 Å². The summed E-state index contributed by atoms with van der Waals surface area (Å²) in [6, 6.07) is 13.1. The molecule has 1 N–H and O–H groups in total. The van der Waals surface area contributed by atoms with Crippen molar-refractivity contribution in [3.8, 4) is 17.4 Å². The van der Waals surface area contributed by atoms with Gasteiger partial charge < -0.3 is 9.47 Å². The van der Waals surface area contributed by atoms with Crippen LogP contribution in [0.1, 0.15) is 42.1 Å². The zero-order valence-electron chi connectivity index (χ0n) is 21.4. The zero-order valence-corrected chi connectivity index (χ0v) is 23.0. The molecule has 4 rings (SSSR count). The van der Waals surface area contributed by atoms with Gasteiger partial charge in [-0.3, -0.25) is 4.79 Å². The molecule has 0 radical (unpaired) electrons. The summed E-state index contributed by atoms with van der Waals surface area (Å²) in [7, 11) is -3.85. The molecule has 0 unspecified atom stereocenters. The minimum Gasteiger partial charge on any atom is -0.494 e. The van der Waals surface area contributed by atoms with Gasteiger partial charge in [-0.1, -0.05) is 11.6 Å². The van der Waals surface area contributed by atoms with Crippen molar-refractivity contribution in [2.45, 2.75) is 37.3 Å². The third kappa shape index (κ3) is 7.94. The number of benzene rings is 2. The second kappa shape index (κ2) is 12.5. The van der Waals surface area contributed by atoms with Gasteiger partial charge in [0, 0.05) is 24.8 Å². The molecule has 13 heteroatoms. The summed E-state index contributed by atoms with van der Waals surface area (Å²) in [6.45, 7) is 3.15. The van der Waals surface area contributed by atoms with Gasteiger partial charge in [0.2, 0.25) is 5.88 Å². The molecule has 1 atom stereocenters. The smallest absolute Gasteiger partial charge is 0.417 e. The number of hydrogen-bond acceptors (Lipinski definition) is 7. The van der Waals surface area contributed by atoms with Gasteiger partial charge in [0.1, 0.15) is 16.5 Å². The van der Waals surface area contributed by atoms with Crippen molar-refractivity contribution in [2.24, 2.45) is 5.92 Å². The average Bonchev–Trinajstić information content (AvgIpc) is 3.34. The Morgan fingerprint density at radius 3 is 2.42 bits per heavy atom. The Hall–Kier alpha value is -3.19. The number of nitrogens with one attached hydrogen (secondary N) is 1. The number of hydrogen-bond donors (Lipinski definition) is 1. The lowest BCUT2D eigenvalue weighted by atomic mass is 10.0. The van der Waals surface area contributed by atoms with E-state index >= 15 is 0 Å². The largest absolute Gasteiger partial charge is 0.494 e. The van der Waals surface area contributed by atoms with Gasteiger partial charge in [-0.15, -0.1) is 4.83 Å². The van der Waals surface area contributed by atoms with Crippen molar-refractivity contribution in [1.82, 2.24) is 14.8 Å². The van der Waals surface area contributed by atoms with Crippen molar-refractivity contribution in [3.63, 3.8) is 0 Å². The van der Waals surface area contributed by atoms with E-state index in [1.165, 1.54) is 31.2 Å². The topological polar surface area (TPSA) is 97.8 Å². The van der Waals surface area contributed by atoms with Crippen LogP contribution in [0.2, 0.25) is 5.02 Å². The van der Waals surface area contributed by atoms with E-state index in [1.54, 1.807) is 29.3 Å². The highest BCUT2D eigenvalue weighted by Gasteiger charge is 2.32. The molecule has 214 valence electrons. The van der Waals surface area contributed by atoms with E-state index < -0.39 is 21.8 Å². The minimum absolute atomic E-state index is 0.000956. The third-order valence-electron chi connectivity index (χ3n) is 6.30. The number of halogens is 4. The Morgan fingerprint density at radius 1 is 1.12 bits per heavy atom. The number of carbonyl (C=O) groups excluding carboxylic acids is 1. The first-order chi connectivity index (χ1) is 18.9. The summed E-state index contributed by atoms with van der Waals surface area (Å²) in [4.78, 5) is 17.6. The summed E-state index contributed by atoms with van der Waals surface area (Å²) >= 11 is 5.86. The summed E-state index contributed by atoms with van der Waals surface area (Å²) in [5.74, 6) is 0.928. The first-order valence-corrected chi connectivity index (χ1v) is 14.3.